The van der Waals surface area contributed by atoms with Gasteiger partial charge in [0, 0.05) is 19.6 Å². The second-order valence-corrected chi connectivity index (χ2v) is 4.43. The van der Waals surface area contributed by atoms with Gasteiger partial charge in [-0.15, -0.1) is 6.58 Å². The van der Waals surface area contributed by atoms with Gasteiger partial charge in [0.1, 0.15) is 0 Å². The molecule has 94 valence electrons. The summed E-state index contributed by atoms with van der Waals surface area (Å²) in [6.45, 7) is 6.83. The first-order chi connectivity index (χ1) is 7.37. The predicted molar refractivity (Wildman–Crippen MR) is 65.3 cm³/mol. The zero-order valence-corrected chi connectivity index (χ0v) is 10.4. The van der Waals surface area contributed by atoms with Crippen molar-refractivity contribution in [2.75, 3.05) is 40.3 Å². The number of rotatable bonds is 8. The SMILES string of the molecule is C=CCNCC(=O)NCC(C)(O)CN(C)C. The minimum absolute atomic E-state index is 0.124. The molecule has 0 saturated carbocycles. The second kappa shape index (κ2) is 7.38. The highest BCUT2D eigenvalue weighted by molar-refractivity contribution is 5.78. The number of aliphatic hydroxyl groups is 1. The van der Waals surface area contributed by atoms with Gasteiger partial charge in [-0.2, -0.15) is 0 Å². The Morgan fingerprint density at radius 2 is 2.19 bits per heavy atom. The predicted octanol–water partition coefficient (Wildman–Crippen LogP) is -0.809. The number of amides is 1. The van der Waals surface area contributed by atoms with E-state index in [9.17, 15) is 9.90 Å². The van der Waals surface area contributed by atoms with E-state index in [4.69, 9.17) is 0 Å². The largest absolute Gasteiger partial charge is 0.387 e. The molecule has 0 aromatic heterocycles. The Hall–Kier alpha value is -0.910. The second-order valence-electron chi connectivity index (χ2n) is 4.43. The quantitative estimate of drug-likeness (QED) is 0.376. The zero-order valence-electron chi connectivity index (χ0n) is 10.4. The Morgan fingerprint density at radius 1 is 1.56 bits per heavy atom. The van der Waals surface area contributed by atoms with E-state index >= 15 is 0 Å². The van der Waals surface area contributed by atoms with Crippen LogP contribution in [0.3, 0.4) is 0 Å². The third kappa shape index (κ3) is 8.40. The van der Waals surface area contributed by atoms with Crippen molar-refractivity contribution in [3.05, 3.63) is 12.7 Å². The normalized spacial score (nSPS) is 14.6. The summed E-state index contributed by atoms with van der Waals surface area (Å²) in [7, 11) is 3.75. The smallest absolute Gasteiger partial charge is 0.234 e. The summed E-state index contributed by atoms with van der Waals surface area (Å²) in [6.07, 6.45) is 1.69. The highest BCUT2D eigenvalue weighted by atomic mass is 16.3. The van der Waals surface area contributed by atoms with Crippen LogP contribution in [0, 0.1) is 0 Å². The van der Waals surface area contributed by atoms with E-state index in [0.717, 1.165) is 0 Å². The van der Waals surface area contributed by atoms with Crippen LogP contribution >= 0.6 is 0 Å². The van der Waals surface area contributed by atoms with Crippen molar-refractivity contribution in [2.24, 2.45) is 0 Å². The van der Waals surface area contributed by atoms with E-state index in [1.165, 1.54) is 0 Å². The molecule has 16 heavy (non-hydrogen) atoms. The first-order valence-electron chi connectivity index (χ1n) is 5.33. The van der Waals surface area contributed by atoms with Gasteiger partial charge < -0.3 is 20.6 Å². The van der Waals surface area contributed by atoms with Gasteiger partial charge in [0.25, 0.3) is 0 Å². The first kappa shape index (κ1) is 15.1. The number of carbonyl (C=O) groups excluding carboxylic acids is 1. The van der Waals surface area contributed by atoms with E-state index in [0.29, 0.717) is 13.1 Å². The molecule has 1 atom stereocenters. The van der Waals surface area contributed by atoms with Crippen molar-refractivity contribution in [1.82, 2.24) is 15.5 Å². The lowest BCUT2D eigenvalue weighted by Crippen LogP contribution is -2.48. The van der Waals surface area contributed by atoms with Gasteiger partial charge >= 0.3 is 0 Å². The lowest BCUT2D eigenvalue weighted by molar-refractivity contribution is -0.121. The van der Waals surface area contributed by atoms with Crippen LogP contribution in [-0.4, -0.2) is 61.8 Å². The standard InChI is InChI=1S/C11H23N3O2/c1-5-6-12-7-10(15)13-8-11(2,16)9-14(3)4/h5,12,16H,1,6-9H2,2-4H3,(H,13,15). The van der Waals surface area contributed by atoms with Gasteiger partial charge in [0.05, 0.1) is 12.1 Å². The summed E-state index contributed by atoms with van der Waals surface area (Å²) in [4.78, 5) is 13.2. The number of nitrogens with one attached hydrogen (secondary N) is 2. The number of nitrogens with zero attached hydrogens (tertiary/aromatic N) is 1. The molecule has 0 bridgehead atoms. The van der Waals surface area contributed by atoms with Crippen LogP contribution in [-0.2, 0) is 4.79 Å². The molecule has 3 N–H and O–H groups in total. The molecule has 0 aromatic carbocycles. The average molecular weight is 229 g/mol. The van der Waals surface area contributed by atoms with Gasteiger partial charge in [0.2, 0.25) is 5.91 Å². The molecule has 1 unspecified atom stereocenters. The molecule has 0 radical (unpaired) electrons. The molecule has 0 aromatic rings. The molecule has 1 amide bonds. The summed E-state index contributed by atoms with van der Waals surface area (Å²) in [5.74, 6) is -0.124. The molecule has 0 saturated heterocycles. The molecule has 0 rings (SSSR count). The minimum atomic E-state index is -0.905. The monoisotopic (exact) mass is 229 g/mol. The van der Waals surface area contributed by atoms with Gasteiger partial charge in [-0.1, -0.05) is 6.08 Å². The molecular formula is C11H23N3O2. The van der Waals surface area contributed by atoms with Gasteiger partial charge in [0.15, 0.2) is 0 Å². The van der Waals surface area contributed by atoms with E-state index < -0.39 is 5.60 Å². The molecule has 0 aliphatic heterocycles. The summed E-state index contributed by atoms with van der Waals surface area (Å²) in [5, 5.41) is 15.5. The van der Waals surface area contributed by atoms with Crippen molar-refractivity contribution in [3.8, 4) is 0 Å². The lowest BCUT2D eigenvalue weighted by atomic mass is 10.1. The van der Waals surface area contributed by atoms with Crippen LogP contribution < -0.4 is 10.6 Å². The van der Waals surface area contributed by atoms with Crippen molar-refractivity contribution < 1.29 is 9.90 Å². The third-order valence-electron chi connectivity index (χ3n) is 1.90. The molecule has 0 fully saturated rings. The summed E-state index contributed by atoms with van der Waals surface area (Å²) in [5.41, 5.74) is -0.905. The van der Waals surface area contributed by atoms with Gasteiger partial charge in [-0.25, -0.2) is 0 Å². The molecule has 0 heterocycles. The van der Waals surface area contributed by atoms with Crippen molar-refractivity contribution in [1.29, 1.82) is 0 Å². The van der Waals surface area contributed by atoms with Crippen LogP contribution in [0.4, 0.5) is 0 Å². The maximum Gasteiger partial charge on any atom is 0.234 e. The number of hydrogen-bond donors (Lipinski definition) is 3. The topological polar surface area (TPSA) is 64.6 Å². The molecule has 0 spiro atoms. The van der Waals surface area contributed by atoms with Crippen molar-refractivity contribution in [3.63, 3.8) is 0 Å². The fraction of sp³-hybridized carbons (Fsp3) is 0.727. The average Bonchev–Trinajstić information content (AvgIpc) is 2.13. The third-order valence-corrected chi connectivity index (χ3v) is 1.90. The van der Waals surface area contributed by atoms with Gasteiger partial charge in [-0.3, -0.25) is 4.79 Å². The van der Waals surface area contributed by atoms with E-state index in [1.807, 2.05) is 19.0 Å². The number of carbonyl (C=O) groups is 1. The van der Waals surface area contributed by atoms with E-state index in [-0.39, 0.29) is 19.0 Å². The molecular weight excluding hydrogens is 206 g/mol. The number of hydrogen-bond acceptors (Lipinski definition) is 4. The summed E-state index contributed by atoms with van der Waals surface area (Å²) < 4.78 is 0. The highest BCUT2D eigenvalue weighted by Gasteiger charge is 2.21. The highest BCUT2D eigenvalue weighted by Crippen LogP contribution is 2.01. The van der Waals surface area contributed by atoms with Crippen molar-refractivity contribution in [2.45, 2.75) is 12.5 Å². The fourth-order valence-electron chi connectivity index (χ4n) is 1.38. The van der Waals surface area contributed by atoms with Crippen LogP contribution in [0.5, 0.6) is 0 Å². The van der Waals surface area contributed by atoms with Crippen LogP contribution in [0.1, 0.15) is 6.92 Å². The molecule has 5 nitrogen and oxygen atoms in total. The molecule has 0 aliphatic rings. The van der Waals surface area contributed by atoms with E-state index in [2.05, 4.69) is 17.2 Å². The van der Waals surface area contributed by atoms with Crippen LogP contribution in [0.25, 0.3) is 0 Å². The van der Waals surface area contributed by atoms with Gasteiger partial charge in [-0.05, 0) is 21.0 Å². The zero-order chi connectivity index (χ0) is 12.6. The maximum absolute atomic E-state index is 11.3. The maximum atomic E-state index is 11.3. The Morgan fingerprint density at radius 3 is 2.69 bits per heavy atom. The number of likely N-dealkylation sites (N-methyl/N-ethyl adjacent to an activating group) is 1. The molecule has 5 heteroatoms. The Kier molecular flexibility index (Phi) is 6.96. The Labute approximate surface area is 97.5 Å². The van der Waals surface area contributed by atoms with E-state index in [1.54, 1.807) is 13.0 Å². The Bertz CT molecular complexity index is 227. The fourth-order valence-corrected chi connectivity index (χ4v) is 1.38. The Balaban J connectivity index is 3.76. The van der Waals surface area contributed by atoms with Crippen LogP contribution in [0.2, 0.25) is 0 Å². The summed E-state index contributed by atoms with van der Waals surface area (Å²) >= 11 is 0. The minimum Gasteiger partial charge on any atom is -0.387 e. The molecule has 0 aliphatic carbocycles. The van der Waals surface area contributed by atoms with Crippen LogP contribution in [0.15, 0.2) is 12.7 Å². The first-order valence-corrected chi connectivity index (χ1v) is 5.33. The summed E-state index contributed by atoms with van der Waals surface area (Å²) in [6, 6.07) is 0. The van der Waals surface area contributed by atoms with Crippen molar-refractivity contribution >= 4 is 5.91 Å². The lowest BCUT2D eigenvalue weighted by Gasteiger charge is -2.27.